The summed E-state index contributed by atoms with van der Waals surface area (Å²) in [7, 11) is 0. The van der Waals surface area contributed by atoms with E-state index in [0.717, 1.165) is 35.3 Å². The number of benzene rings is 2. The van der Waals surface area contributed by atoms with E-state index in [9.17, 15) is 13.6 Å². The average molecular weight is 493 g/mol. The van der Waals surface area contributed by atoms with Crippen LogP contribution in [-0.4, -0.2) is 50.9 Å². The number of carbonyl (C=O) groups is 1. The number of alkyl halides is 2. The van der Waals surface area contributed by atoms with Gasteiger partial charge in [-0.2, -0.15) is 8.78 Å². The van der Waals surface area contributed by atoms with Crippen molar-refractivity contribution in [1.82, 2.24) is 19.3 Å². The van der Waals surface area contributed by atoms with E-state index in [-0.39, 0.29) is 17.7 Å². The Labute approximate surface area is 206 Å². The van der Waals surface area contributed by atoms with Crippen LogP contribution < -0.4 is 15.8 Å². The van der Waals surface area contributed by atoms with Crippen LogP contribution in [0.4, 0.5) is 20.3 Å². The van der Waals surface area contributed by atoms with E-state index < -0.39 is 6.61 Å². The summed E-state index contributed by atoms with van der Waals surface area (Å²) < 4.78 is 31.2. The zero-order valence-electron chi connectivity index (χ0n) is 19.7. The highest BCUT2D eigenvalue weighted by molar-refractivity contribution is 5.96. The molecule has 5 rings (SSSR count). The minimum atomic E-state index is -2.87. The molecular formula is C26H26F2N6O2. The number of aromatic nitrogens is 3. The molecule has 1 amide bonds. The maximum atomic E-state index is 13.0. The number of rotatable bonds is 6. The molecule has 1 fully saturated rings. The van der Waals surface area contributed by atoms with Crippen LogP contribution in [0.1, 0.15) is 28.8 Å². The zero-order chi connectivity index (χ0) is 25.2. The number of hydrogen-bond acceptors (Lipinski definition) is 6. The Morgan fingerprint density at radius 1 is 1.14 bits per heavy atom. The fourth-order valence-corrected chi connectivity index (χ4v) is 4.42. The highest BCUT2D eigenvalue weighted by atomic mass is 19.3. The number of likely N-dealkylation sites (tertiary alicyclic amines) is 1. The molecule has 1 aliphatic rings. The van der Waals surface area contributed by atoms with Gasteiger partial charge in [-0.15, -0.1) is 0 Å². The highest BCUT2D eigenvalue weighted by Gasteiger charge is 2.23. The van der Waals surface area contributed by atoms with Gasteiger partial charge in [0.1, 0.15) is 5.75 Å². The summed E-state index contributed by atoms with van der Waals surface area (Å²) in [6.07, 6.45) is 6.77. The fourth-order valence-electron chi connectivity index (χ4n) is 4.42. The number of halogens is 2. The van der Waals surface area contributed by atoms with Gasteiger partial charge in [0.25, 0.3) is 5.91 Å². The monoisotopic (exact) mass is 492 g/mol. The number of imidazole rings is 1. The molecule has 186 valence electrons. The van der Waals surface area contributed by atoms with E-state index in [0.29, 0.717) is 30.1 Å². The molecule has 0 atom stereocenters. The SMILES string of the molecule is Cc1cc(Nc2nccn3c(-c4ccc(OC(F)F)cc4)cnc23)ccc1C(=O)N1CCC(N)CC1. The topological polar surface area (TPSA) is 97.8 Å². The molecule has 36 heavy (non-hydrogen) atoms. The van der Waals surface area contributed by atoms with E-state index in [2.05, 4.69) is 20.0 Å². The minimum Gasteiger partial charge on any atom is -0.435 e. The molecule has 0 radical (unpaired) electrons. The van der Waals surface area contributed by atoms with Crippen LogP contribution in [-0.2, 0) is 0 Å². The van der Waals surface area contributed by atoms with Gasteiger partial charge in [0, 0.05) is 48.3 Å². The van der Waals surface area contributed by atoms with Gasteiger partial charge in [0.15, 0.2) is 11.5 Å². The standard InChI is InChI=1S/C26H26F2N6O2/c1-16-14-19(4-7-21(16)25(35)33-11-8-18(29)9-12-33)32-23-24-31-15-22(34(24)13-10-30-23)17-2-5-20(6-3-17)36-26(27)28/h2-7,10,13-15,18,26H,8-9,11-12,29H2,1H3,(H,30,32). The predicted octanol–water partition coefficient (Wildman–Crippen LogP) is 4.61. The summed E-state index contributed by atoms with van der Waals surface area (Å²) in [6, 6.07) is 12.1. The third-order valence-electron chi connectivity index (χ3n) is 6.35. The Hall–Kier alpha value is -4.05. The number of nitrogens with zero attached hydrogens (tertiary/aromatic N) is 4. The van der Waals surface area contributed by atoms with Gasteiger partial charge in [-0.05, 0) is 67.8 Å². The molecular weight excluding hydrogens is 466 g/mol. The summed E-state index contributed by atoms with van der Waals surface area (Å²) in [4.78, 5) is 23.8. The molecule has 0 unspecified atom stereocenters. The fraction of sp³-hybridized carbons (Fsp3) is 0.269. The third-order valence-corrected chi connectivity index (χ3v) is 6.35. The summed E-state index contributed by atoms with van der Waals surface area (Å²) in [6.45, 7) is 0.397. The molecule has 2 aromatic heterocycles. The predicted molar refractivity (Wildman–Crippen MR) is 133 cm³/mol. The van der Waals surface area contributed by atoms with Crippen LogP contribution in [0.2, 0.25) is 0 Å². The lowest BCUT2D eigenvalue weighted by Crippen LogP contribution is -2.43. The van der Waals surface area contributed by atoms with Crippen molar-refractivity contribution >= 4 is 23.1 Å². The van der Waals surface area contributed by atoms with Gasteiger partial charge in [-0.3, -0.25) is 9.20 Å². The Morgan fingerprint density at radius 3 is 2.58 bits per heavy atom. The van der Waals surface area contributed by atoms with Crippen LogP contribution in [0, 0.1) is 6.92 Å². The molecule has 8 nitrogen and oxygen atoms in total. The number of amides is 1. The first kappa shape index (κ1) is 23.7. The van der Waals surface area contributed by atoms with Gasteiger partial charge in [0.05, 0.1) is 11.9 Å². The highest BCUT2D eigenvalue weighted by Crippen LogP contribution is 2.28. The van der Waals surface area contributed by atoms with Crippen molar-refractivity contribution in [1.29, 1.82) is 0 Å². The minimum absolute atomic E-state index is 0.0223. The van der Waals surface area contributed by atoms with Crippen molar-refractivity contribution in [2.75, 3.05) is 18.4 Å². The molecule has 1 saturated heterocycles. The Bertz CT molecular complexity index is 1380. The normalized spacial score (nSPS) is 14.4. The lowest BCUT2D eigenvalue weighted by Gasteiger charge is -2.30. The average Bonchev–Trinajstić information content (AvgIpc) is 3.30. The van der Waals surface area contributed by atoms with Crippen molar-refractivity contribution in [3.05, 3.63) is 72.2 Å². The van der Waals surface area contributed by atoms with Crippen molar-refractivity contribution in [3.8, 4) is 17.0 Å². The van der Waals surface area contributed by atoms with Crippen LogP contribution in [0.3, 0.4) is 0 Å². The Balaban J connectivity index is 1.36. The second kappa shape index (κ2) is 9.90. The quantitative estimate of drug-likeness (QED) is 0.408. The molecule has 3 heterocycles. The number of nitrogens with two attached hydrogens (primary N) is 1. The van der Waals surface area contributed by atoms with Crippen LogP contribution in [0.25, 0.3) is 16.9 Å². The number of piperidine rings is 1. The van der Waals surface area contributed by atoms with Gasteiger partial charge < -0.3 is 20.7 Å². The van der Waals surface area contributed by atoms with Crippen molar-refractivity contribution < 1.29 is 18.3 Å². The first-order valence-electron chi connectivity index (χ1n) is 11.7. The summed E-state index contributed by atoms with van der Waals surface area (Å²) in [5, 5.41) is 3.30. The smallest absolute Gasteiger partial charge is 0.387 e. The molecule has 10 heteroatoms. The maximum Gasteiger partial charge on any atom is 0.387 e. The van der Waals surface area contributed by atoms with E-state index in [1.807, 2.05) is 34.4 Å². The number of aryl methyl sites for hydroxylation is 1. The lowest BCUT2D eigenvalue weighted by molar-refractivity contribution is -0.0498. The lowest BCUT2D eigenvalue weighted by atomic mass is 10.0. The van der Waals surface area contributed by atoms with Gasteiger partial charge in [-0.1, -0.05) is 0 Å². The number of hydrogen-bond donors (Lipinski definition) is 2. The molecule has 0 spiro atoms. The molecule has 2 aromatic carbocycles. The van der Waals surface area contributed by atoms with Crippen molar-refractivity contribution in [3.63, 3.8) is 0 Å². The van der Waals surface area contributed by atoms with Gasteiger partial charge in [0.2, 0.25) is 0 Å². The van der Waals surface area contributed by atoms with Gasteiger partial charge in [-0.25, -0.2) is 9.97 Å². The summed E-state index contributed by atoms with van der Waals surface area (Å²) in [5.74, 6) is 0.659. The molecule has 0 saturated carbocycles. The van der Waals surface area contributed by atoms with E-state index in [1.54, 1.807) is 30.7 Å². The molecule has 4 aromatic rings. The maximum absolute atomic E-state index is 13.0. The Kier molecular flexibility index (Phi) is 6.51. The van der Waals surface area contributed by atoms with E-state index >= 15 is 0 Å². The number of fused-ring (bicyclic) bond motifs is 1. The summed E-state index contributed by atoms with van der Waals surface area (Å²) >= 11 is 0. The van der Waals surface area contributed by atoms with Crippen LogP contribution >= 0.6 is 0 Å². The number of ether oxygens (including phenoxy) is 1. The first-order valence-corrected chi connectivity index (χ1v) is 11.7. The Morgan fingerprint density at radius 2 is 1.89 bits per heavy atom. The van der Waals surface area contributed by atoms with Crippen LogP contribution in [0.5, 0.6) is 5.75 Å². The number of anilines is 2. The van der Waals surface area contributed by atoms with Crippen LogP contribution in [0.15, 0.2) is 61.1 Å². The molecule has 0 aliphatic carbocycles. The largest absolute Gasteiger partial charge is 0.435 e. The first-order chi connectivity index (χ1) is 17.4. The van der Waals surface area contributed by atoms with E-state index in [1.165, 1.54) is 12.1 Å². The van der Waals surface area contributed by atoms with Gasteiger partial charge >= 0.3 is 6.61 Å². The third kappa shape index (κ3) is 4.85. The molecule has 1 aliphatic heterocycles. The van der Waals surface area contributed by atoms with Crippen molar-refractivity contribution in [2.45, 2.75) is 32.4 Å². The number of carbonyl (C=O) groups excluding carboxylic acids is 1. The number of nitrogens with one attached hydrogen (secondary N) is 1. The zero-order valence-corrected chi connectivity index (χ0v) is 19.7. The summed E-state index contributed by atoms with van der Waals surface area (Å²) in [5.41, 5.74) is 10.4. The second-order valence-corrected chi connectivity index (χ2v) is 8.80. The van der Waals surface area contributed by atoms with Crippen molar-refractivity contribution in [2.24, 2.45) is 5.73 Å². The van der Waals surface area contributed by atoms with E-state index in [4.69, 9.17) is 5.73 Å². The second-order valence-electron chi connectivity index (χ2n) is 8.80. The molecule has 0 bridgehead atoms. The molecule has 3 N–H and O–H groups in total.